The molecular formula is C14H15FN4O3. The summed E-state index contributed by atoms with van der Waals surface area (Å²) in [5, 5.41) is 8.84. The fourth-order valence-electron chi connectivity index (χ4n) is 2.66. The zero-order chi connectivity index (χ0) is 16.0. The van der Waals surface area contributed by atoms with Crippen LogP contribution in [0.15, 0.2) is 17.1 Å². The van der Waals surface area contributed by atoms with Crippen molar-refractivity contribution in [3.05, 3.63) is 33.9 Å². The molecule has 0 spiro atoms. The summed E-state index contributed by atoms with van der Waals surface area (Å²) in [6.07, 6.45) is 1.07. The number of pyridine rings is 2. The summed E-state index contributed by atoms with van der Waals surface area (Å²) in [6, 6.07) is 0.961. The highest BCUT2D eigenvalue weighted by Crippen LogP contribution is 2.25. The molecule has 2 aromatic rings. The molecule has 1 aliphatic rings. The summed E-state index contributed by atoms with van der Waals surface area (Å²) in [5.41, 5.74) is 4.88. The van der Waals surface area contributed by atoms with Gasteiger partial charge in [0, 0.05) is 25.3 Å². The number of anilines is 1. The van der Waals surface area contributed by atoms with Gasteiger partial charge in [-0.15, -0.1) is 0 Å². The van der Waals surface area contributed by atoms with Crippen LogP contribution in [0.1, 0.15) is 17.3 Å². The zero-order valence-electron chi connectivity index (χ0n) is 11.8. The number of aromatic amines is 1. The Morgan fingerprint density at radius 1 is 1.55 bits per heavy atom. The molecule has 0 aromatic carbocycles. The molecule has 8 heteroatoms. The lowest BCUT2D eigenvalue weighted by Crippen LogP contribution is -2.29. The predicted molar refractivity (Wildman–Crippen MR) is 78.6 cm³/mol. The summed E-state index contributed by atoms with van der Waals surface area (Å²) in [6.45, 7) is 3.03. The molecule has 0 aliphatic carbocycles. The summed E-state index contributed by atoms with van der Waals surface area (Å²) in [4.78, 5) is 31.5. The van der Waals surface area contributed by atoms with Gasteiger partial charge in [-0.1, -0.05) is 6.92 Å². The second kappa shape index (κ2) is 5.06. The van der Waals surface area contributed by atoms with Crippen molar-refractivity contribution in [1.82, 2.24) is 9.97 Å². The minimum Gasteiger partial charge on any atom is -0.477 e. The fourth-order valence-corrected chi connectivity index (χ4v) is 2.66. The number of aromatic carboxylic acids is 1. The van der Waals surface area contributed by atoms with Gasteiger partial charge in [-0.25, -0.2) is 14.2 Å². The topological polar surface area (TPSA) is 112 Å². The average molecular weight is 306 g/mol. The lowest BCUT2D eigenvalue weighted by atomic mass is 10.1. The van der Waals surface area contributed by atoms with Crippen molar-refractivity contribution in [3.63, 3.8) is 0 Å². The first-order valence-electron chi connectivity index (χ1n) is 6.84. The molecule has 0 radical (unpaired) electrons. The molecule has 116 valence electrons. The highest BCUT2D eigenvalue weighted by Gasteiger charge is 2.29. The van der Waals surface area contributed by atoms with Crippen molar-refractivity contribution in [1.29, 1.82) is 0 Å². The van der Waals surface area contributed by atoms with E-state index in [4.69, 9.17) is 10.8 Å². The number of H-pyrrole nitrogens is 1. The van der Waals surface area contributed by atoms with E-state index in [1.54, 1.807) is 4.90 Å². The van der Waals surface area contributed by atoms with Gasteiger partial charge in [0.2, 0.25) is 5.43 Å². The lowest BCUT2D eigenvalue weighted by molar-refractivity contribution is 0.0695. The van der Waals surface area contributed by atoms with Gasteiger partial charge < -0.3 is 20.7 Å². The van der Waals surface area contributed by atoms with Gasteiger partial charge >= 0.3 is 5.97 Å². The van der Waals surface area contributed by atoms with E-state index in [2.05, 4.69) is 9.97 Å². The summed E-state index contributed by atoms with van der Waals surface area (Å²) >= 11 is 0. The number of hydrogen-bond donors (Lipinski definition) is 3. The predicted octanol–water partition coefficient (Wildman–Crippen LogP) is 0.544. The highest BCUT2D eigenvalue weighted by molar-refractivity contribution is 5.91. The van der Waals surface area contributed by atoms with Gasteiger partial charge in [-0.3, -0.25) is 4.79 Å². The van der Waals surface area contributed by atoms with Crippen molar-refractivity contribution in [3.8, 4) is 0 Å². The zero-order valence-corrected chi connectivity index (χ0v) is 11.8. The van der Waals surface area contributed by atoms with Crippen LogP contribution < -0.4 is 16.1 Å². The van der Waals surface area contributed by atoms with Crippen LogP contribution in [0, 0.1) is 11.7 Å². The number of nitrogens with one attached hydrogen (secondary N) is 1. The van der Waals surface area contributed by atoms with Crippen LogP contribution in [0.4, 0.5) is 10.2 Å². The number of nitrogens with two attached hydrogens (primary N) is 1. The van der Waals surface area contributed by atoms with E-state index in [-0.39, 0.29) is 28.8 Å². The van der Waals surface area contributed by atoms with Gasteiger partial charge in [0.25, 0.3) is 0 Å². The molecule has 1 aliphatic heterocycles. The third-order valence-electron chi connectivity index (χ3n) is 4.00. The minimum atomic E-state index is -1.37. The molecule has 0 saturated carbocycles. The molecule has 2 aromatic heterocycles. The maximum absolute atomic E-state index is 14.3. The minimum absolute atomic E-state index is 0.0645. The van der Waals surface area contributed by atoms with Crippen molar-refractivity contribution in [2.24, 2.45) is 11.7 Å². The Morgan fingerprint density at radius 3 is 2.86 bits per heavy atom. The Bertz CT molecular complexity index is 810. The monoisotopic (exact) mass is 306 g/mol. The second-order valence-corrected chi connectivity index (χ2v) is 5.57. The molecule has 1 fully saturated rings. The fraction of sp³-hybridized carbons (Fsp3) is 0.357. The van der Waals surface area contributed by atoms with Crippen LogP contribution in [0.2, 0.25) is 0 Å². The first-order chi connectivity index (χ1) is 10.4. The van der Waals surface area contributed by atoms with E-state index in [9.17, 15) is 14.0 Å². The number of halogens is 1. The van der Waals surface area contributed by atoms with Crippen molar-refractivity contribution < 1.29 is 14.3 Å². The SMILES string of the molecule is C[C@H]1CN(c2nc3[nH]cc(C(=O)O)c(=O)c3cc2F)C[C@@H]1N. The molecule has 1 saturated heterocycles. The molecule has 0 bridgehead atoms. The Balaban J connectivity index is 2.12. The average Bonchev–Trinajstić information content (AvgIpc) is 2.78. The largest absolute Gasteiger partial charge is 0.477 e. The van der Waals surface area contributed by atoms with E-state index in [0.717, 1.165) is 12.3 Å². The quantitative estimate of drug-likeness (QED) is 0.746. The Hall–Kier alpha value is -2.48. The van der Waals surface area contributed by atoms with E-state index in [1.165, 1.54) is 0 Å². The molecule has 2 atom stereocenters. The summed E-state index contributed by atoms with van der Waals surface area (Å²) in [7, 11) is 0. The number of carboxylic acid groups (broad SMARTS) is 1. The van der Waals surface area contributed by atoms with Gasteiger partial charge in [0.1, 0.15) is 11.2 Å². The summed E-state index contributed by atoms with van der Waals surface area (Å²) in [5.74, 6) is -1.70. The highest BCUT2D eigenvalue weighted by atomic mass is 19.1. The van der Waals surface area contributed by atoms with Gasteiger partial charge in [0.05, 0.1) is 5.39 Å². The van der Waals surface area contributed by atoms with Crippen molar-refractivity contribution in [2.45, 2.75) is 13.0 Å². The van der Waals surface area contributed by atoms with Crippen LogP contribution in [0.25, 0.3) is 11.0 Å². The number of carbonyl (C=O) groups is 1. The van der Waals surface area contributed by atoms with E-state index in [0.29, 0.717) is 13.1 Å². The molecule has 3 heterocycles. The van der Waals surface area contributed by atoms with Crippen LogP contribution in [-0.4, -0.2) is 40.2 Å². The van der Waals surface area contributed by atoms with E-state index in [1.807, 2.05) is 6.92 Å². The third-order valence-corrected chi connectivity index (χ3v) is 4.00. The van der Waals surface area contributed by atoms with Crippen LogP contribution in [0.5, 0.6) is 0 Å². The molecule has 0 unspecified atom stereocenters. The number of carboxylic acids is 1. The third kappa shape index (κ3) is 2.21. The van der Waals surface area contributed by atoms with Crippen molar-refractivity contribution >= 4 is 22.8 Å². The molecular weight excluding hydrogens is 291 g/mol. The Morgan fingerprint density at radius 2 is 2.27 bits per heavy atom. The Labute approximate surface area is 124 Å². The Kier molecular flexibility index (Phi) is 3.32. The number of aromatic nitrogens is 2. The number of fused-ring (bicyclic) bond motifs is 1. The smallest absolute Gasteiger partial charge is 0.341 e. The van der Waals surface area contributed by atoms with Crippen LogP contribution in [-0.2, 0) is 0 Å². The van der Waals surface area contributed by atoms with E-state index < -0.39 is 22.8 Å². The van der Waals surface area contributed by atoms with E-state index >= 15 is 0 Å². The van der Waals surface area contributed by atoms with Crippen LogP contribution in [0.3, 0.4) is 0 Å². The maximum Gasteiger partial charge on any atom is 0.341 e. The maximum atomic E-state index is 14.3. The van der Waals surface area contributed by atoms with Crippen LogP contribution >= 0.6 is 0 Å². The van der Waals surface area contributed by atoms with Crippen molar-refractivity contribution in [2.75, 3.05) is 18.0 Å². The molecule has 0 amide bonds. The van der Waals surface area contributed by atoms with Gasteiger partial charge in [-0.2, -0.15) is 0 Å². The number of nitrogens with zero attached hydrogens (tertiary/aromatic N) is 2. The standard InChI is InChI=1S/C14H15FN4O3/c1-6-4-19(5-10(6)16)13-9(15)2-7-11(20)8(14(21)22)3-17-12(7)18-13/h2-3,6,10H,4-5,16H2,1H3,(H,21,22)(H,17,18,20)/t6-,10-/m0/s1. The first-order valence-corrected chi connectivity index (χ1v) is 6.84. The molecule has 22 heavy (non-hydrogen) atoms. The normalized spacial score (nSPS) is 21.5. The van der Waals surface area contributed by atoms with Gasteiger partial charge in [0.15, 0.2) is 11.6 Å². The summed E-state index contributed by atoms with van der Waals surface area (Å²) < 4.78 is 14.3. The molecule has 7 nitrogen and oxygen atoms in total. The van der Waals surface area contributed by atoms with Gasteiger partial charge in [-0.05, 0) is 12.0 Å². The molecule has 3 rings (SSSR count). The second-order valence-electron chi connectivity index (χ2n) is 5.57. The molecule has 4 N–H and O–H groups in total. The lowest BCUT2D eigenvalue weighted by Gasteiger charge is -2.18. The number of hydrogen-bond acceptors (Lipinski definition) is 5. The number of rotatable bonds is 2. The first kappa shape index (κ1) is 14.5.